The Morgan fingerprint density at radius 2 is 2.27 bits per heavy atom. The molecule has 1 rings (SSSR count). The van der Waals surface area contributed by atoms with Crippen molar-refractivity contribution in [3.63, 3.8) is 0 Å². The van der Waals surface area contributed by atoms with E-state index in [0.717, 1.165) is 0 Å². The second-order valence-electron chi connectivity index (χ2n) is 1.90. The molecule has 0 saturated carbocycles. The molecule has 0 amide bonds. The summed E-state index contributed by atoms with van der Waals surface area (Å²) in [5.74, 6) is 0. The van der Waals surface area contributed by atoms with Gasteiger partial charge in [-0.25, -0.2) is 4.98 Å². The van der Waals surface area contributed by atoms with Crippen molar-refractivity contribution >= 4 is 30.1 Å². The van der Waals surface area contributed by atoms with Crippen molar-refractivity contribution in [2.45, 2.75) is 0 Å². The van der Waals surface area contributed by atoms with E-state index >= 15 is 0 Å². The first-order valence-corrected chi connectivity index (χ1v) is 3.41. The van der Waals surface area contributed by atoms with Crippen LogP contribution in [0.25, 0.3) is 6.08 Å². The van der Waals surface area contributed by atoms with Crippen LogP contribution in [-0.2, 0) is 0 Å². The van der Waals surface area contributed by atoms with E-state index in [9.17, 15) is 0 Å². The first kappa shape index (κ1) is 7.95. The van der Waals surface area contributed by atoms with Crippen LogP contribution in [0.5, 0.6) is 0 Å². The SMILES string of the molecule is C=Cc1nc(Cl)ccc1N=C. The molecule has 0 aliphatic rings. The Balaban J connectivity index is 3.26. The zero-order valence-corrected chi connectivity index (χ0v) is 6.67. The smallest absolute Gasteiger partial charge is 0.129 e. The summed E-state index contributed by atoms with van der Waals surface area (Å²) in [5.41, 5.74) is 1.36. The minimum atomic E-state index is 0.437. The Bertz CT molecular complexity index is 294. The lowest BCUT2D eigenvalue weighted by atomic mass is 10.3. The Labute approximate surface area is 70.3 Å². The maximum Gasteiger partial charge on any atom is 0.129 e. The van der Waals surface area contributed by atoms with E-state index in [0.29, 0.717) is 16.5 Å². The molecule has 0 saturated heterocycles. The van der Waals surface area contributed by atoms with Crippen LogP contribution in [0.4, 0.5) is 5.69 Å². The van der Waals surface area contributed by atoms with E-state index < -0.39 is 0 Å². The van der Waals surface area contributed by atoms with Gasteiger partial charge in [-0.1, -0.05) is 18.2 Å². The minimum Gasteiger partial charge on any atom is -0.262 e. The molecule has 2 nitrogen and oxygen atoms in total. The zero-order chi connectivity index (χ0) is 8.27. The highest BCUT2D eigenvalue weighted by Crippen LogP contribution is 2.19. The largest absolute Gasteiger partial charge is 0.262 e. The number of pyridine rings is 1. The normalized spacial score (nSPS) is 9.18. The molecule has 11 heavy (non-hydrogen) atoms. The number of rotatable bonds is 2. The van der Waals surface area contributed by atoms with Gasteiger partial charge >= 0.3 is 0 Å². The second-order valence-corrected chi connectivity index (χ2v) is 2.29. The predicted molar refractivity (Wildman–Crippen MR) is 48.5 cm³/mol. The van der Waals surface area contributed by atoms with Crippen molar-refractivity contribution in [2.24, 2.45) is 4.99 Å². The molecule has 0 bridgehead atoms. The van der Waals surface area contributed by atoms with E-state index in [4.69, 9.17) is 11.6 Å². The third-order valence-corrected chi connectivity index (χ3v) is 1.44. The van der Waals surface area contributed by atoms with E-state index in [-0.39, 0.29) is 0 Å². The summed E-state index contributed by atoms with van der Waals surface area (Å²) in [6, 6.07) is 3.41. The summed E-state index contributed by atoms with van der Waals surface area (Å²) >= 11 is 5.63. The van der Waals surface area contributed by atoms with E-state index in [1.165, 1.54) is 0 Å². The molecule has 0 aliphatic carbocycles. The number of hydrogen-bond donors (Lipinski definition) is 0. The molecular formula is C8H7ClN2. The fourth-order valence-corrected chi connectivity index (χ4v) is 0.881. The molecule has 0 unspecified atom stereocenters. The second kappa shape index (κ2) is 3.30. The van der Waals surface area contributed by atoms with Gasteiger partial charge in [-0.3, -0.25) is 4.99 Å². The van der Waals surface area contributed by atoms with Crippen molar-refractivity contribution in [3.05, 3.63) is 29.6 Å². The molecule has 0 atom stereocenters. The van der Waals surface area contributed by atoms with E-state index in [2.05, 4.69) is 23.3 Å². The molecule has 0 radical (unpaired) electrons. The van der Waals surface area contributed by atoms with Gasteiger partial charge in [-0.05, 0) is 24.9 Å². The predicted octanol–water partition coefficient (Wildman–Crippen LogP) is 2.71. The van der Waals surface area contributed by atoms with Crippen molar-refractivity contribution in [1.82, 2.24) is 4.98 Å². The first-order chi connectivity index (χ1) is 5.27. The van der Waals surface area contributed by atoms with Crippen LogP contribution in [0.15, 0.2) is 23.7 Å². The van der Waals surface area contributed by atoms with E-state index in [1.807, 2.05) is 0 Å². The summed E-state index contributed by atoms with van der Waals surface area (Å²) in [6.45, 7) is 6.96. The van der Waals surface area contributed by atoms with Crippen LogP contribution in [-0.4, -0.2) is 11.7 Å². The minimum absolute atomic E-state index is 0.437. The molecule has 0 aromatic carbocycles. The third kappa shape index (κ3) is 1.65. The van der Waals surface area contributed by atoms with Gasteiger partial charge < -0.3 is 0 Å². The highest BCUT2D eigenvalue weighted by Gasteiger charge is 1.97. The summed E-state index contributed by atoms with van der Waals surface area (Å²) in [5, 5.41) is 0.437. The highest BCUT2D eigenvalue weighted by molar-refractivity contribution is 6.29. The van der Waals surface area contributed by atoms with Gasteiger partial charge in [0, 0.05) is 0 Å². The van der Waals surface area contributed by atoms with E-state index in [1.54, 1.807) is 18.2 Å². The molecular weight excluding hydrogens is 160 g/mol. The summed E-state index contributed by atoms with van der Waals surface area (Å²) < 4.78 is 0. The maximum absolute atomic E-state index is 5.63. The standard InChI is InChI=1S/C8H7ClN2/c1-3-6-7(10-2)4-5-8(9)11-6/h3-5H,1-2H2. The average molecular weight is 167 g/mol. The van der Waals surface area contributed by atoms with Crippen LogP contribution in [0, 0.1) is 0 Å². The Morgan fingerprint density at radius 1 is 1.55 bits per heavy atom. The van der Waals surface area contributed by atoms with Gasteiger partial charge in [0.05, 0.1) is 11.4 Å². The van der Waals surface area contributed by atoms with Crippen LogP contribution in [0.1, 0.15) is 5.69 Å². The van der Waals surface area contributed by atoms with Gasteiger partial charge in [0.1, 0.15) is 5.15 Å². The molecule has 56 valence electrons. The third-order valence-electron chi connectivity index (χ3n) is 1.23. The zero-order valence-electron chi connectivity index (χ0n) is 5.92. The van der Waals surface area contributed by atoms with Gasteiger partial charge in [-0.2, -0.15) is 0 Å². The fourth-order valence-electron chi connectivity index (χ4n) is 0.727. The quantitative estimate of drug-likeness (QED) is 0.490. The molecule has 0 aliphatic heterocycles. The molecule has 1 heterocycles. The number of nitrogens with zero attached hydrogens (tertiary/aromatic N) is 2. The topological polar surface area (TPSA) is 25.2 Å². The van der Waals surface area contributed by atoms with Gasteiger partial charge in [0.2, 0.25) is 0 Å². The van der Waals surface area contributed by atoms with Crippen LogP contribution >= 0.6 is 11.6 Å². The van der Waals surface area contributed by atoms with Crippen molar-refractivity contribution in [1.29, 1.82) is 0 Å². The molecule has 3 heteroatoms. The number of aliphatic imine (C=N–C) groups is 1. The fraction of sp³-hybridized carbons (Fsp3) is 0. The molecule has 1 aromatic rings. The van der Waals surface area contributed by atoms with Gasteiger partial charge in [0.25, 0.3) is 0 Å². The highest BCUT2D eigenvalue weighted by atomic mass is 35.5. The maximum atomic E-state index is 5.63. The average Bonchev–Trinajstić information content (AvgIpc) is 2.04. The monoisotopic (exact) mass is 166 g/mol. The number of hydrogen-bond acceptors (Lipinski definition) is 2. The molecule has 0 fully saturated rings. The molecule has 0 spiro atoms. The summed E-state index contributed by atoms with van der Waals surface area (Å²) in [7, 11) is 0. The summed E-state index contributed by atoms with van der Waals surface area (Å²) in [6.07, 6.45) is 1.59. The molecule has 0 N–H and O–H groups in total. The summed E-state index contributed by atoms with van der Waals surface area (Å²) in [4.78, 5) is 7.72. The van der Waals surface area contributed by atoms with Gasteiger partial charge in [0.15, 0.2) is 0 Å². The van der Waals surface area contributed by atoms with Crippen LogP contribution < -0.4 is 0 Å². The lowest BCUT2D eigenvalue weighted by Crippen LogP contribution is -1.80. The van der Waals surface area contributed by atoms with Gasteiger partial charge in [-0.15, -0.1) is 0 Å². The lowest BCUT2D eigenvalue weighted by molar-refractivity contribution is 1.28. The number of halogens is 1. The van der Waals surface area contributed by atoms with Crippen molar-refractivity contribution in [3.8, 4) is 0 Å². The van der Waals surface area contributed by atoms with Crippen LogP contribution in [0.3, 0.4) is 0 Å². The Kier molecular flexibility index (Phi) is 2.39. The van der Waals surface area contributed by atoms with Crippen molar-refractivity contribution < 1.29 is 0 Å². The molecule has 1 aromatic heterocycles. The van der Waals surface area contributed by atoms with Crippen molar-refractivity contribution in [2.75, 3.05) is 0 Å². The number of aromatic nitrogens is 1. The Hall–Kier alpha value is -1.15. The van der Waals surface area contributed by atoms with Crippen LogP contribution in [0.2, 0.25) is 5.15 Å². The first-order valence-electron chi connectivity index (χ1n) is 3.03. The Morgan fingerprint density at radius 3 is 2.82 bits per heavy atom. The lowest BCUT2D eigenvalue weighted by Gasteiger charge is -1.97.